The maximum absolute atomic E-state index is 13.1. The summed E-state index contributed by atoms with van der Waals surface area (Å²) in [4.78, 5) is 41.3. The molecule has 30 heavy (non-hydrogen) atoms. The monoisotopic (exact) mass is 408 g/mol. The number of hydrogen-bond donors (Lipinski definition) is 0. The fourth-order valence-corrected chi connectivity index (χ4v) is 3.88. The molecule has 0 radical (unpaired) electrons. The van der Waals surface area contributed by atoms with E-state index in [0.29, 0.717) is 50.4 Å². The van der Waals surface area contributed by atoms with E-state index in [2.05, 4.69) is 0 Å². The van der Waals surface area contributed by atoms with E-state index in [9.17, 15) is 14.4 Å². The molecule has 2 heterocycles. The van der Waals surface area contributed by atoms with Crippen LogP contribution in [-0.4, -0.2) is 67.5 Å². The lowest BCUT2D eigenvalue weighted by Crippen LogP contribution is -2.42. The van der Waals surface area contributed by atoms with Gasteiger partial charge in [0.1, 0.15) is 6.10 Å². The number of ether oxygens (including phenoxy) is 2. The fraction of sp³-hybridized carbons (Fsp3) is 0.348. The summed E-state index contributed by atoms with van der Waals surface area (Å²) in [7, 11) is 1.58. The highest BCUT2D eigenvalue weighted by atomic mass is 16.5. The molecular formula is C23H24N2O5. The molecule has 0 aliphatic carbocycles. The minimum atomic E-state index is -0.357. The number of nitrogens with zero attached hydrogens (tertiary/aromatic N) is 2. The third kappa shape index (κ3) is 3.86. The van der Waals surface area contributed by atoms with Crippen LogP contribution >= 0.6 is 0 Å². The highest BCUT2D eigenvalue weighted by molar-refractivity contribution is 6.22. The number of methoxy groups -OCH3 is 1. The van der Waals surface area contributed by atoms with Gasteiger partial charge in [-0.3, -0.25) is 19.3 Å². The summed E-state index contributed by atoms with van der Waals surface area (Å²) in [5.74, 6) is -0.842. The van der Waals surface area contributed by atoms with E-state index >= 15 is 0 Å². The first-order chi connectivity index (χ1) is 14.6. The number of carbonyl (C=O) groups is 3. The van der Waals surface area contributed by atoms with Crippen molar-refractivity contribution in [3.63, 3.8) is 0 Å². The zero-order chi connectivity index (χ0) is 21.1. The molecule has 0 bridgehead atoms. The highest BCUT2D eigenvalue weighted by Crippen LogP contribution is 2.27. The molecule has 3 amide bonds. The molecule has 4 rings (SSSR count). The van der Waals surface area contributed by atoms with E-state index in [1.165, 1.54) is 4.90 Å². The normalized spacial score (nSPS) is 18.6. The van der Waals surface area contributed by atoms with Crippen LogP contribution in [0.4, 0.5) is 0 Å². The van der Waals surface area contributed by atoms with Gasteiger partial charge in [-0.2, -0.15) is 0 Å². The zero-order valence-electron chi connectivity index (χ0n) is 16.9. The summed E-state index contributed by atoms with van der Waals surface area (Å²) in [6, 6.07) is 14.5. The fourth-order valence-electron chi connectivity index (χ4n) is 3.88. The second kappa shape index (κ2) is 8.77. The van der Waals surface area contributed by atoms with Gasteiger partial charge in [0.05, 0.1) is 24.3 Å². The van der Waals surface area contributed by atoms with Gasteiger partial charge in [0.15, 0.2) is 0 Å². The van der Waals surface area contributed by atoms with Gasteiger partial charge in [0.25, 0.3) is 17.7 Å². The van der Waals surface area contributed by atoms with Crippen LogP contribution in [0.25, 0.3) is 0 Å². The van der Waals surface area contributed by atoms with Crippen molar-refractivity contribution in [2.75, 3.05) is 40.0 Å². The van der Waals surface area contributed by atoms with Gasteiger partial charge in [0.2, 0.25) is 0 Å². The van der Waals surface area contributed by atoms with Crippen molar-refractivity contribution in [3.05, 3.63) is 70.8 Å². The average Bonchev–Trinajstić information content (AvgIpc) is 3.03. The van der Waals surface area contributed by atoms with Crippen LogP contribution < -0.4 is 0 Å². The number of fused-ring (bicyclic) bond motifs is 1. The quantitative estimate of drug-likeness (QED) is 0.542. The predicted molar refractivity (Wildman–Crippen MR) is 109 cm³/mol. The molecule has 7 nitrogen and oxygen atoms in total. The lowest BCUT2D eigenvalue weighted by atomic mass is 10.0. The molecule has 2 aromatic rings. The number of morpholine rings is 1. The SMILES string of the molecule is COCCCN1C(=O)c2ccc(C(=O)N3CCO[C@H](c4ccccc4)C3)cc2C1=O. The average molecular weight is 408 g/mol. The first-order valence-corrected chi connectivity index (χ1v) is 10.0. The minimum Gasteiger partial charge on any atom is -0.385 e. The van der Waals surface area contributed by atoms with Gasteiger partial charge in [-0.05, 0) is 30.2 Å². The van der Waals surface area contributed by atoms with Crippen molar-refractivity contribution in [2.45, 2.75) is 12.5 Å². The number of imide groups is 1. The van der Waals surface area contributed by atoms with Crippen LogP contribution in [0, 0.1) is 0 Å². The Bertz CT molecular complexity index is 959. The van der Waals surface area contributed by atoms with E-state index in [4.69, 9.17) is 9.47 Å². The minimum absolute atomic E-state index is 0.167. The van der Waals surface area contributed by atoms with Gasteiger partial charge >= 0.3 is 0 Å². The smallest absolute Gasteiger partial charge is 0.261 e. The molecule has 0 spiro atoms. The predicted octanol–water partition coefficient (Wildman–Crippen LogP) is 2.53. The molecule has 2 aromatic carbocycles. The van der Waals surface area contributed by atoms with Crippen LogP contribution in [0.3, 0.4) is 0 Å². The van der Waals surface area contributed by atoms with Crippen LogP contribution in [-0.2, 0) is 9.47 Å². The number of carbonyl (C=O) groups excluding carboxylic acids is 3. The summed E-state index contributed by atoms with van der Waals surface area (Å²) in [5.41, 5.74) is 2.06. The molecule has 1 fully saturated rings. The van der Waals surface area contributed by atoms with Crippen LogP contribution in [0.2, 0.25) is 0 Å². The summed E-state index contributed by atoms with van der Waals surface area (Å²) in [5, 5.41) is 0. The Balaban J connectivity index is 1.50. The third-order valence-corrected chi connectivity index (χ3v) is 5.47. The Morgan fingerprint density at radius 1 is 1.10 bits per heavy atom. The Kier molecular flexibility index (Phi) is 5.92. The van der Waals surface area contributed by atoms with E-state index < -0.39 is 0 Å². The Morgan fingerprint density at radius 3 is 2.63 bits per heavy atom. The Labute approximate surface area is 175 Å². The number of hydrogen-bond acceptors (Lipinski definition) is 5. The molecule has 1 saturated heterocycles. The summed E-state index contributed by atoms with van der Waals surface area (Å²) in [6.07, 6.45) is 0.389. The molecule has 7 heteroatoms. The van der Waals surface area contributed by atoms with Crippen molar-refractivity contribution in [2.24, 2.45) is 0 Å². The van der Waals surface area contributed by atoms with Crippen LogP contribution in [0.15, 0.2) is 48.5 Å². The summed E-state index contributed by atoms with van der Waals surface area (Å²) < 4.78 is 10.8. The molecule has 0 unspecified atom stereocenters. The standard InChI is InChI=1S/C23H24N2O5/c1-29-12-5-10-25-22(27)18-9-8-17(14-19(18)23(25)28)21(26)24-11-13-30-20(15-24)16-6-3-2-4-7-16/h2-4,6-9,14,20H,5,10-13,15H2,1H3/t20-/m0/s1. The van der Waals surface area contributed by atoms with Gasteiger partial charge < -0.3 is 14.4 Å². The second-order valence-corrected chi connectivity index (χ2v) is 7.39. The first-order valence-electron chi connectivity index (χ1n) is 10.0. The second-order valence-electron chi connectivity index (χ2n) is 7.39. The zero-order valence-corrected chi connectivity index (χ0v) is 16.9. The van der Waals surface area contributed by atoms with Crippen molar-refractivity contribution >= 4 is 17.7 Å². The van der Waals surface area contributed by atoms with Gasteiger partial charge in [-0.25, -0.2) is 0 Å². The van der Waals surface area contributed by atoms with E-state index in [1.54, 1.807) is 30.2 Å². The molecule has 156 valence electrons. The van der Waals surface area contributed by atoms with E-state index in [1.807, 2.05) is 30.3 Å². The molecular weight excluding hydrogens is 384 g/mol. The van der Waals surface area contributed by atoms with Crippen molar-refractivity contribution in [1.82, 2.24) is 9.80 Å². The highest BCUT2D eigenvalue weighted by Gasteiger charge is 2.36. The van der Waals surface area contributed by atoms with Crippen LogP contribution in [0.5, 0.6) is 0 Å². The first kappa shape index (κ1) is 20.3. The number of benzene rings is 2. The lowest BCUT2D eigenvalue weighted by Gasteiger charge is -2.33. The van der Waals surface area contributed by atoms with Crippen molar-refractivity contribution < 1.29 is 23.9 Å². The van der Waals surface area contributed by atoms with E-state index in [0.717, 1.165) is 5.56 Å². The van der Waals surface area contributed by atoms with Crippen LogP contribution in [0.1, 0.15) is 49.2 Å². The maximum Gasteiger partial charge on any atom is 0.261 e. The molecule has 2 aliphatic heterocycles. The van der Waals surface area contributed by atoms with Gasteiger partial charge in [-0.1, -0.05) is 30.3 Å². The van der Waals surface area contributed by atoms with Gasteiger partial charge in [-0.15, -0.1) is 0 Å². The Hall–Kier alpha value is -3.03. The van der Waals surface area contributed by atoms with E-state index in [-0.39, 0.29) is 29.4 Å². The maximum atomic E-state index is 13.1. The molecule has 2 aliphatic rings. The Morgan fingerprint density at radius 2 is 1.87 bits per heavy atom. The number of rotatable bonds is 6. The lowest BCUT2D eigenvalue weighted by molar-refractivity contribution is -0.0228. The molecule has 0 N–H and O–H groups in total. The van der Waals surface area contributed by atoms with Crippen molar-refractivity contribution in [1.29, 1.82) is 0 Å². The van der Waals surface area contributed by atoms with Gasteiger partial charge in [0, 0.05) is 32.4 Å². The summed E-state index contributed by atoms with van der Waals surface area (Å²) in [6.45, 7) is 2.13. The molecule has 0 saturated carbocycles. The topological polar surface area (TPSA) is 76.2 Å². The largest absolute Gasteiger partial charge is 0.385 e. The molecule has 1 atom stereocenters. The number of amides is 3. The van der Waals surface area contributed by atoms with Crippen molar-refractivity contribution in [3.8, 4) is 0 Å². The molecule has 0 aromatic heterocycles. The third-order valence-electron chi connectivity index (χ3n) is 5.47. The summed E-state index contributed by atoms with van der Waals surface area (Å²) >= 11 is 0.